The van der Waals surface area contributed by atoms with E-state index in [9.17, 15) is 19.5 Å². The fraction of sp³-hybridized carbons (Fsp3) is 0.571. The molecule has 0 spiro atoms. The smallest absolute Gasteiger partial charge is 0.326 e. The maximum absolute atomic E-state index is 12.8. The molecule has 3 rings (SSSR count). The lowest BCUT2D eigenvalue weighted by Crippen LogP contribution is -2.51. The standard InChI is InChI=1S/C21H28N2O4/c1-21(2)11-5-6-12-23(21)19(25)10-9-18(24)22-14-16-8-4-3-7-15(16)13-17(22)20(26)27/h3-4,7-8,17H,5-6,9-14H2,1-2H3,(H,26,27)/t17-/m0/s1. The zero-order valence-electron chi connectivity index (χ0n) is 16.1. The average Bonchev–Trinajstić information content (AvgIpc) is 2.64. The summed E-state index contributed by atoms with van der Waals surface area (Å²) in [6.07, 6.45) is 3.57. The number of likely N-dealkylation sites (tertiary alicyclic amines) is 1. The Balaban J connectivity index is 1.66. The number of aliphatic carboxylic acids is 1. The second kappa shape index (κ2) is 7.71. The molecule has 0 aromatic heterocycles. The number of amides is 2. The third-order valence-electron chi connectivity index (χ3n) is 5.86. The Bertz CT molecular complexity index is 743. The summed E-state index contributed by atoms with van der Waals surface area (Å²) < 4.78 is 0. The lowest BCUT2D eigenvalue weighted by Gasteiger charge is -2.42. The van der Waals surface area contributed by atoms with Gasteiger partial charge in [0, 0.05) is 37.9 Å². The summed E-state index contributed by atoms with van der Waals surface area (Å²) in [5, 5.41) is 9.56. The van der Waals surface area contributed by atoms with Gasteiger partial charge in [0.1, 0.15) is 6.04 Å². The highest BCUT2D eigenvalue weighted by atomic mass is 16.4. The zero-order valence-corrected chi connectivity index (χ0v) is 16.1. The molecule has 2 heterocycles. The highest BCUT2D eigenvalue weighted by molar-refractivity contribution is 5.87. The molecule has 146 valence electrons. The average molecular weight is 372 g/mol. The Labute approximate surface area is 160 Å². The summed E-state index contributed by atoms with van der Waals surface area (Å²) in [7, 11) is 0. The van der Waals surface area contributed by atoms with E-state index < -0.39 is 12.0 Å². The molecule has 1 aromatic rings. The first-order chi connectivity index (χ1) is 12.8. The zero-order chi connectivity index (χ0) is 19.6. The minimum absolute atomic E-state index is 0.0164. The molecule has 6 nitrogen and oxygen atoms in total. The van der Waals surface area contributed by atoms with Gasteiger partial charge in [-0.3, -0.25) is 9.59 Å². The Hall–Kier alpha value is -2.37. The van der Waals surface area contributed by atoms with Crippen molar-refractivity contribution in [2.45, 2.75) is 70.5 Å². The molecule has 0 aliphatic carbocycles. The Morgan fingerprint density at radius 3 is 2.41 bits per heavy atom. The number of hydrogen-bond donors (Lipinski definition) is 1. The molecule has 0 saturated carbocycles. The van der Waals surface area contributed by atoms with Gasteiger partial charge in [0.05, 0.1) is 0 Å². The van der Waals surface area contributed by atoms with E-state index in [1.54, 1.807) is 0 Å². The van der Waals surface area contributed by atoms with Crippen LogP contribution in [0, 0.1) is 0 Å². The highest BCUT2D eigenvalue weighted by Crippen LogP contribution is 2.29. The third kappa shape index (κ3) is 4.15. The van der Waals surface area contributed by atoms with Crippen LogP contribution in [0.15, 0.2) is 24.3 Å². The van der Waals surface area contributed by atoms with Gasteiger partial charge in [-0.2, -0.15) is 0 Å². The van der Waals surface area contributed by atoms with Crippen LogP contribution in [-0.2, 0) is 27.3 Å². The number of carboxylic acid groups (broad SMARTS) is 1. The first-order valence-corrected chi connectivity index (χ1v) is 9.69. The molecule has 2 amide bonds. The summed E-state index contributed by atoms with van der Waals surface area (Å²) in [6.45, 7) is 5.14. The van der Waals surface area contributed by atoms with Crippen LogP contribution in [0.1, 0.15) is 57.1 Å². The van der Waals surface area contributed by atoms with Crippen molar-refractivity contribution >= 4 is 17.8 Å². The monoisotopic (exact) mass is 372 g/mol. The van der Waals surface area contributed by atoms with Gasteiger partial charge in [0.15, 0.2) is 0 Å². The van der Waals surface area contributed by atoms with Crippen LogP contribution in [0.5, 0.6) is 0 Å². The highest BCUT2D eigenvalue weighted by Gasteiger charge is 2.36. The van der Waals surface area contributed by atoms with E-state index in [0.717, 1.165) is 36.9 Å². The largest absolute Gasteiger partial charge is 0.480 e. The maximum Gasteiger partial charge on any atom is 0.326 e. The number of carboxylic acids is 1. The van der Waals surface area contributed by atoms with Crippen LogP contribution in [0.4, 0.5) is 0 Å². The van der Waals surface area contributed by atoms with Crippen molar-refractivity contribution in [3.63, 3.8) is 0 Å². The summed E-state index contributed by atoms with van der Waals surface area (Å²) >= 11 is 0. The molecule has 1 N–H and O–H groups in total. The van der Waals surface area contributed by atoms with Gasteiger partial charge in [-0.25, -0.2) is 4.79 Å². The molecule has 1 fully saturated rings. The minimum atomic E-state index is -0.999. The molecule has 1 saturated heterocycles. The molecule has 6 heteroatoms. The van der Waals surface area contributed by atoms with Gasteiger partial charge in [0.25, 0.3) is 0 Å². The van der Waals surface area contributed by atoms with Gasteiger partial charge in [0.2, 0.25) is 11.8 Å². The summed E-state index contributed by atoms with van der Waals surface area (Å²) in [6, 6.07) is 6.75. The van der Waals surface area contributed by atoms with Crippen LogP contribution in [0.2, 0.25) is 0 Å². The molecule has 2 aliphatic heterocycles. The fourth-order valence-electron chi connectivity index (χ4n) is 4.23. The van der Waals surface area contributed by atoms with Crippen LogP contribution in [0.25, 0.3) is 0 Å². The minimum Gasteiger partial charge on any atom is -0.480 e. The Kier molecular flexibility index (Phi) is 5.53. The van der Waals surface area contributed by atoms with E-state index in [1.165, 1.54) is 4.90 Å². The molecule has 0 unspecified atom stereocenters. The van der Waals surface area contributed by atoms with E-state index in [-0.39, 0.29) is 36.7 Å². The maximum atomic E-state index is 12.8. The van der Waals surface area contributed by atoms with E-state index in [0.29, 0.717) is 6.42 Å². The number of rotatable bonds is 4. The predicted molar refractivity (Wildman–Crippen MR) is 101 cm³/mol. The van der Waals surface area contributed by atoms with Crippen molar-refractivity contribution < 1.29 is 19.5 Å². The van der Waals surface area contributed by atoms with E-state index in [1.807, 2.05) is 29.2 Å². The van der Waals surface area contributed by atoms with Crippen molar-refractivity contribution in [3.8, 4) is 0 Å². The molecule has 0 bridgehead atoms. The SMILES string of the molecule is CC1(C)CCCCN1C(=O)CCC(=O)N1Cc2ccccc2C[C@H]1C(=O)O. The molecule has 1 aromatic carbocycles. The molecule has 2 aliphatic rings. The number of carbonyl (C=O) groups excluding carboxylic acids is 2. The lowest BCUT2D eigenvalue weighted by molar-refractivity contribution is -0.152. The number of hydrogen-bond acceptors (Lipinski definition) is 3. The molecule has 0 radical (unpaired) electrons. The normalized spacial score (nSPS) is 21.5. The van der Waals surface area contributed by atoms with Crippen molar-refractivity contribution in [1.82, 2.24) is 9.80 Å². The predicted octanol–water partition coefficient (Wildman–Crippen LogP) is 2.60. The topological polar surface area (TPSA) is 77.9 Å². The van der Waals surface area contributed by atoms with Gasteiger partial charge >= 0.3 is 5.97 Å². The van der Waals surface area contributed by atoms with Crippen molar-refractivity contribution in [2.75, 3.05) is 6.54 Å². The van der Waals surface area contributed by atoms with Crippen molar-refractivity contribution in [2.24, 2.45) is 0 Å². The van der Waals surface area contributed by atoms with Gasteiger partial charge in [-0.1, -0.05) is 24.3 Å². The quantitative estimate of drug-likeness (QED) is 0.881. The molecule has 1 atom stereocenters. The Morgan fingerprint density at radius 2 is 1.74 bits per heavy atom. The lowest BCUT2D eigenvalue weighted by atomic mass is 9.90. The molecular weight excluding hydrogens is 344 g/mol. The summed E-state index contributed by atoms with van der Waals surface area (Å²) in [5.41, 5.74) is 1.78. The number of fused-ring (bicyclic) bond motifs is 1. The number of carbonyl (C=O) groups is 3. The number of piperidine rings is 1. The first-order valence-electron chi connectivity index (χ1n) is 9.69. The van der Waals surface area contributed by atoms with Crippen LogP contribution in [0.3, 0.4) is 0 Å². The van der Waals surface area contributed by atoms with Crippen LogP contribution >= 0.6 is 0 Å². The van der Waals surface area contributed by atoms with Crippen molar-refractivity contribution in [3.05, 3.63) is 35.4 Å². The second-order valence-electron chi connectivity index (χ2n) is 8.16. The van der Waals surface area contributed by atoms with Gasteiger partial charge in [-0.05, 0) is 44.2 Å². The fourth-order valence-corrected chi connectivity index (χ4v) is 4.23. The van der Waals surface area contributed by atoms with Crippen LogP contribution < -0.4 is 0 Å². The third-order valence-corrected chi connectivity index (χ3v) is 5.86. The first kappa shape index (κ1) is 19.4. The Morgan fingerprint density at radius 1 is 1.07 bits per heavy atom. The van der Waals surface area contributed by atoms with E-state index >= 15 is 0 Å². The summed E-state index contributed by atoms with van der Waals surface area (Å²) in [4.78, 5) is 40.4. The van der Waals surface area contributed by atoms with E-state index in [2.05, 4.69) is 13.8 Å². The number of benzene rings is 1. The van der Waals surface area contributed by atoms with Gasteiger partial charge in [-0.15, -0.1) is 0 Å². The summed E-state index contributed by atoms with van der Waals surface area (Å²) in [5.74, 6) is -1.28. The van der Waals surface area contributed by atoms with E-state index in [4.69, 9.17) is 0 Å². The van der Waals surface area contributed by atoms with Gasteiger partial charge < -0.3 is 14.9 Å². The van der Waals surface area contributed by atoms with Crippen molar-refractivity contribution in [1.29, 1.82) is 0 Å². The molecular formula is C21H28N2O4. The number of nitrogens with zero attached hydrogens (tertiary/aromatic N) is 2. The second-order valence-corrected chi connectivity index (χ2v) is 8.16. The van der Waals surface area contributed by atoms with Crippen LogP contribution in [-0.4, -0.2) is 50.8 Å². The molecule has 27 heavy (non-hydrogen) atoms.